The molecule has 1 N–H and O–H groups in total. The quantitative estimate of drug-likeness (QED) is 0.455. The van der Waals surface area contributed by atoms with Gasteiger partial charge in [-0.05, 0) is 53.0 Å². The second kappa shape index (κ2) is 7.41. The molecule has 2 aliphatic rings. The Bertz CT molecular complexity index is 1390. The van der Waals surface area contributed by atoms with E-state index < -0.39 is 5.92 Å². The maximum atomic E-state index is 13.1. The third-order valence-corrected chi connectivity index (χ3v) is 7.78. The summed E-state index contributed by atoms with van der Waals surface area (Å²) in [6.45, 7) is 2.19. The number of H-pyrrole nitrogens is 1. The lowest BCUT2D eigenvalue weighted by Crippen LogP contribution is -2.18. The standard InChI is InChI=1S/C26H22N2O3S/c1-14-10-11-19-20(12-14)32-25-23(19)24(29)27-21(28-25)13-31-26(30)22-17-8-4-2-6-15(17)16-7-3-5-9-18(16)22/h2-9,14,22H,10-13H2,1H3,(H,27,28,29)/t14-/m0/s1. The number of nitrogens with one attached hydrogen (secondary N) is 1. The summed E-state index contributed by atoms with van der Waals surface area (Å²) in [4.78, 5) is 35.5. The fourth-order valence-corrected chi connectivity index (χ4v) is 6.50. The van der Waals surface area contributed by atoms with E-state index in [0.29, 0.717) is 17.1 Å². The molecule has 5 nitrogen and oxygen atoms in total. The topological polar surface area (TPSA) is 72.0 Å². The zero-order chi connectivity index (χ0) is 21.8. The van der Waals surface area contributed by atoms with E-state index in [1.807, 2.05) is 48.5 Å². The van der Waals surface area contributed by atoms with Gasteiger partial charge in [-0.2, -0.15) is 0 Å². The first-order valence-corrected chi connectivity index (χ1v) is 11.8. The number of ether oxygens (including phenoxy) is 1. The number of hydrogen-bond acceptors (Lipinski definition) is 5. The molecule has 2 aromatic heterocycles. The first-order valence-electron chi connectivity index (χ1n) is 11.0. The third-order valence-electron chi connectivity index (χ3n) is 6.64. The largest absolute Gasteiger partial charge is 0.457 e. The normalized spacial score (nSPS) is 17.1. The number of aryl methyl sites for hydroxylation is 1. The Morgan fingerprint density at radius 3 is 2.53 bits per heavy atom. The Labute approximate surface area is 189 Å². The summed E-state index contributed by atoms with van der Waals surface area (Å²) in [5.74, 6) is 0.229. The summed E-state index contributed by atoms with van der Waals surface area (Å²) in [7, 11) is 0. The molecule has 0 radical (unpaired) electrons. The van der Waals surface area contributed by atoms with E-state index in [1.165, 1.54) is 4.88 Å². The molecule has 0 saturated carbocycles. The fraction of sp³-hybridized carbons (Fsp3) is 0.269. The van der Waals surface area contributed by atoms with Crippen molar-refractivity contribution < 1.29 is 9.53 Å². The lowest BCUT2D eigenvalue weighted by atomic mass is 9.89. The van der Waals surface area contributed by atoms with Crippen LogP contribution in [0.3, 0.4) is 0 Å². The van der Waals surface area contributed by atoms with Crippen LogP contribution in [-0.2, 0) is 29.0 Å². The molecule has 6 heteroatoms. The highest BCUT2D eigenvalue weighted by Crippen LogP contribution is 2.45. The highest BCUT2D eigenvalue weighted by molar-refractivity contribution is 7.18. The van der Waals surface area contributed by atoms with E-state index in [-0.39, 0.29) is 18.1 Å². The van der Waals surface area contributed by atoms with E-state index in [9.17, 15) is 9.59 Å². The second-order valence-electron chi connectivity index (χ2n) is 8.76. The maximum Gasteiger partial charge on any atom is 0.318 e. The van der Waals surface area contributed by atoms with E-state index in [1.54, 1.807) is 11.3 Å². The minimum absolute atomic E-state index is 0.0518. The molecule has 0 saturated heterocycles. The molecule has 2 aromatic carbocycles. The number of aromatic nitrogens is 2. The summed E-state index contributed by atoms with van der Waals surface area (Å²) in [6, 6.07) is 15.9. The van der Waals surface area contributed by atoms with Gasteiger partial charge in [-0.15, -0.1) is 11.3 Å². The molecule has 2 heterocycles. The highest BCUT2D eigenvalue weighted by atomic mass is 32.1. The Morgan fingerprint density at radius 2 is 1.81 bits per heavy atom. The maximum absolute atomic E-state index is 13.1. The second-order valence-corrected chi connectivity index (χ2v) is 9.84. The van der Waals surface area contributed by atoms with Crippen LogP contribution in [-0.4, -0.2) is 15.9 Å². The van der Waals surface area contributed by atoms with Gasteiger partial charge < -0.3 is 9.72 Å². The summed E-state index contributed by atoms with van der Waals surface area (Å²) in [6.07, 6.45) is 3.03. The molecule has 4 aromatic rings. The fourth-order valence-electron chi connectivity index (χ4n) is 5.09. The van der Waals surface area contributed by atoms with Gasteiger partial charge in [0.25, 0.3) is 5.56 Å². The summed E-state index contributed by atoms with van der Waals surface area (Å²) in [5, 5.41) is 0.714. The van der Waals surface area contributed by atoms with Crippen LogP contribution in [0.4, 0.5) is 0 Å². The molecule has 32 heavy (non-hydrogen) atoms. The average molecular weight is 443 g/mol. The zero-order valence-corrected chi connectivity index (χ0v) is 18.5. The van der Waals surface area contributed by atoms with Gasteiger partial charge in [0.15, 0.2) is 0 Å². The molecule has 1 atom stereocenters. The van der Waals surface area contributed by atoms with Crippen molar-refractivity contribution in [2.45, 2.75) is 38.7 Å². The number of carbonyl (C=O) groups excluding carboxylic acids is 1. The number of carbonyl (C=O) groups is 1. The SMILES string of the molecule is C[C@H]1CCc2c(sc3nc(COC(=O)C4c5ccccc5-c5ccccc54)[nH]c(=O)c23)C1. The predicted molar refractivity (Wildman–Crippen MR) is 125 cm³/mol. The minimum atomic E-state index is -0.464. The summed E-state index contributed by atoms with van der Waals surface area (Å²) in [5.41, 5.74) is 5.06. The molecule has 0 unspecified atom stereocenters. The first kappa shape index (κ1) is 19.4. The smallest absolute Gasteiger partial charge is 0.318 e. The van der Waals surface area contributed by atoms with Crippen LogP contribution in [0.15, 0.2) is 53.3 Å². The number of thiophene rings is 1. The van der Waals surface area contributed by atoms with Crippen LogP contribution >= 0.6 is 11.3 Å². The lowest BCUT2D eigenvalue weighted by Gasteiger charge is -2.17. The van der Waals surface area contributed by atoms with Gasteiger partial charge in [-0.3, -0.25) is 9.59 Å². The van der Waals surface area contributed by atoms with Crippen molar-refractivity contribution in [3.63, 3.8) is 0 Å². The van der Waals surface area contributed by atoms with E-state index in [0.717, 1.165) is 51.9 Å². The zero-order valence-electron chi connectivity index (χ0n) is 17.7. The number of nitrogens with zero attached hydrogens (tertiary/aromatic N) is 1. The highest BCUT2D eigenvalue weighted by Gasteiger charge is 2.34. The van der Waals surface area contributed by atoms with Crippen molar-refractivity contribution in [2.24, 2.45) is 5.92 Å². The number of hydrogen-bond donors (Lipinski definition) is 1. The van der Waals surface area contributed by atoms with Crippen LogP contribution in [0.2, 0.25) is 0 Å². The number of benzene rings is 2. The molecule has 160 valence electrons. The molecular formula is C26H22N2O3S. The molecule has 0 amide bonds. The van der Waals surface area contributed by atoms with Crippen LogP contribution in [0, 0.1) is 5.92 Å². The van der Waals surface area contributed by atoms with E-state index in [2.05, 4.69) is 16.9 Å². The van der Waals surface area contributed by atoms with E-state index >= 15 is 0 Å². The molecular weight excluding hydrogens is 420 g/mol. The number of aromatic amines is 1. The molecule has 2 aliphatic carbocycles. The molecule has 6 rings (SSSR count). The van der Waals surface area contributed by atoms with Gasteiger partial charge >= 0.3 is 5.97 Å². The van der Waals surface area contributed by atoms with Crippen LogP contribution in [0.5, 0.6) is 0 Å². The number of rotatable bonds is 3. The van der Waals surface area contributed by atoms with Crippen molar-refractivity contribution in [2.75, 3.05) is 0 Å². The van der Waals surface area contributed by atoms with Gasteiger partial charge in [0.05, 0.1) is 5.39 Å². The van der Waals surface area contributed by atoms with Crippen LogP contribution < -0.4 is 5.56 Å². The monoisotopic (exact) mass is 442 g/mol. The number of fused-ring (bicyclic) bond motifs is 6. The Balaban J connectivity index is 1.29. The van der Waals surface area contributed by atoms with Crippen molar-refractivity contribution in [1.82, 2.24) is 9.97 Å². The summed E-state index contributed by atoms with van der Waals surface area (Å²) >= 11 is 1.60. The third kappa shape index (κ3) is 3.01. The Hall–Kier alpha value is -3.25. The predicted octanol–water partition coefficient (Wildman–Crippen LogP) is 4.97. The van der Waals surface area contributed by atoms with Crippen molar-refractivity contribution in [3.05, 3.63) is 86.3 Å². The minimum Gasteiger partial charge on any atom is -0.457 e. The Morgan fingerprint density at radius 1 is 1.12 bits per heavy atom. The molecule has 0 fully saturated rings. The van der Waals surface area contributed by atoms with Gasteiger partial charge in [0, 0.05) is 4.88 Å². The average Bonchev–Trinajstić information content (AvgIpc) is 3.33. The summed E-state index contributed by atoms with van der Waals surface area (Å²) < 4.78 is 5.68. The first-order chi connectivity index (χ1) is 15.6. The van der Waals surface area contributed by atoms with Crippen molar-refractivity contribution >= 4 is 27.5 Å². The van der Waals surface area contributed by atoms with Crippen molar-refractivity contribution in [3.8, 4) is 11.1 Å². The number of esters is 1. The Kier molecular flexibility index (Phi) is 4.50. The van der Waals surface area contributed by atoms with Gasteiger partial charge in [-0.1, -0.05) is 55.5 Å². The molecule has 0 aliphatic heterocycles. The van der Waals surface area contributed by atoms with Gasteiger partial charge in [0.2, 0.25) is 0 Å². The van der Waals surface area contributed by atoms with Gasteiger partial charge in [-0.25, -0.2) is 4.98 Å². The van der Waals surface area contributed by atoms with Gasteiger partial charge in [0.1, 0.15) is 23.2 Å². The molecule has 0 bridgehead atoms. The van der Waals surface area contributed by atoms with E-state index in [4.69, 9.17) is 4.74 Å². The van der Waals surface area contributed by atoms with Crippen LogP contribution in [0.1, 0.15) is 46.7 Å². The van der Waals surface area contributed by atoms with Crippen LogP contribution in [0.25, 0.3) is 21.3 Å². The van der Waals surface area contributed by atoms with Crippen molar-refractivity contribution in [1.29, 1.82) is 0 Å². The molecule has 0 spiro atoms. The lowest BCUT2D eigenvalue weighted by molar-refractivity contribution is -0.145.